The first kappa shape index (κ1) is 48.6. The Kier molecular flexibility index (Phi) is 38.0. The van der Waals surface area contributed by atoms with Crippen molar-refractivity contribution in [1.29, 1.82) is 0 Å². The summed E-state index contributed by atoms with van der Waals surface area (Å²) in [5, 5.41) is 0. The molecule has 2 rings (SSSR count). The van der Waals surface area contributed by atoms with Crippen LogP contribution in [0.3, 0.4) is 0 Å². The molecular weight excluding hydrogens is 553 g/mol. The minimum Gasteiger partial charge on any atom is -0.0998 e. The maximum Gasteiger partial charge on any atom is -0.0111 e. The lowest BCUT2D eigenvalue weighted by Crippen LogP contribution is -2.14. The Balaban J connectivity index is -0.000000688. The van der Waals surface area contributed by atoms with Gasteiger partial charge >= 0.3 is 0 Å². The van der Waals surface area contributed by atoms with Crippen LogP contribution >= 0.6 is 0 Å². The van der Waals surface area contributed by atoms with Crippen molar-refractivity contribution in [3.8, 4) is 0 Å². The molecule has 0 N–H and O–H groups in total. The van der Waals surface area contributed by atoms with E-state index in [1.807, 2.05) is 19.9 Å². The van der Waals surface area contributed by atoms with Crippen LogP contribution in [0, 0.1) is 29.6 Å². The monoisotopic (exact) mass is 637 g/mol. The van der Waals surface area contributed by atoms with Gasteiger partial charge in [-0.25, -0.2) is 0 Å². The Bertz CT molecular complexity index is 818. The van der Waals surface area contributed by atoms with E-state index < -0.39 is 0 Å². The zero-order valence-corrected chi connectivity index (χ0v) is 33.6. The molecule has 0 bridgehead atoms. The second-order valence-electron chi connectivity index (χ2n) is 13.6. The average Bonchev–Trinajstić information content (AvgIpc) is 3.71. The molecule has 0 aromatic heterocycles. The third kappa shape index (κ3) is 29.6. The smallest absolute Gasteiger partial charge is 0.0111 e. The lowest BCUT2D eigenvalue weighted by atomic mass is 9.77. The molecule has 0 aromatic carbocycles. The fourth-order valence-corrected chi connectivity index (χ4v) is 5.90. The van der Waals surface area contributed by atoms with E-state index in [2.05, 4.69) is 131 Å². The lowest BCUT2D eigenvalue weighted by molar-refractivity contribution is 0.257. The van der Waals surface area contributed by atoms with E-state index in [4.69, 9.17) is 0 Å². The highest BCUT2D eigenvalue weighted by Gasteiger charge is 2.44. The minimum absolute atomic E-state index is 0.723. The van der Waals surface area contributed by atoms with Crippen LogP contribution in [0.1, 0.15) is 179 Å². The third-order valence-electron chi connectivity index (χ3n) is 8.55. The van der Waals surface area contributed by atoms with E-state index in [1.165, 1.54) is 107 Å². The van der Waals surface area contributed by atoms with Gasteiger partial charge in [0.05, 0.1) is 0 Å². The van der Waals surface area contributed by atoms with Crippen molar-refractivity contribution in [2.45, 2.75) is 179 Å². The van der Waals surface area contributed by atoms with Gasteiger partial charge in [-0.1, -0.05) is 218 Å². The predicted octanol–water partition coefficient (Wildman–Crippen LogP) is 16.4. The Morgan fingerprint density at radius 2 is 1.22 bits per heavy atom. The maximum atomic E-state index is 4.02. The van der Waals surface area contributed by atoms with Crippen molar-refractivity contribution in [3.05, 3.63) is 84.6 Å². The van der Waals surface area contributed by atoms with Crippen molar-refractivity contribution in [1.82, 2.24) is 0 Å². The maximum absolute atomic E-state index is 4.02. The van der Waals surface area contributed by atoms with E-state index in [-0.39, 0.29) is 0 Å². The van der Waals surface area contributed by atoms with Gasteiger partial charge in [0, 0.05) is 0 Å². The Labute approximate surface area is 292 Å². The van der Waals surface area contributed by atoms with E-state index in [0.717, 1.165) is 36.0 Å². The van der Waals surface area contributed by atoms with Crippen molar-refractivity contribution >= 4 is 0 Å². The van der Waals surface area contributed by atoms with Crippen molar-refractivity contribution < 1.29 is 0 Å². The van der Waals surface area contributed by atoms with E-state index in [1.54, 1.807) is 0 Å². The molecule has 0 spiro atoms. The number of unbranched alkanes of at least 4 members (excludes halogenated alkanes) is 5. The molecule has 2 fully saturated rings. The SMILES string of the molecule is C=C(C)C1C(C)C1/C=C/C=C/C=C\CC.C=C/C(C)=C\C=C(/C)CC1CCC(CCCCCCCC)CC1.CC.CCC.CCC. The molecule has 0 radical (unpaired) electrons. The van der Waals surface area contributed by atoms with Crippen molar-refractivity contribution in [2.24, 2.45) is 29.6 Å². The number of allylic oxidation sites excluding steroid dienone is 12. The molecule has 2 saturated carbocycles. The first-order valence-electron chi connectivity index (χ1n) is 19.8. The fourth-order valence-electron chi connectivity index (χ4n) is 5.90. The minimum atomic E-state index is 0.723. The van der Waals surface area contributed by atoms with Crippen LogP contribution in [0.5, 0.6) is 0 Å². The molecule has 3 unspecified atom stereocenters. The molecule has 2 aliphatic carbocycles. The van der Waals surface area contributed by atoms with Gasteiger partial charge in [0.25, 0.3) is 0 Å². The van der Waals surface area contributed by atoms with Crippen LogP contribution in [-0.4, -0.2) is 0 Å². The molecule has 0 heterocycles. The molecule has 0 nitrogen and oxygen atoms in total. The van der Waals surface area contributed by atoms with Gasteiger partial charge in [-0.15, -0.1) is 0 Å². The molecule has 3 atom stereocenters. The van der Waals surface area contributed by atoms with Crippen LogP contribution in [0.2, 0.25) is 0 Å². The van der Waals surface area contributed by atoms with Gasteiger partial charge in [0.15, 0.2) is 0 Å². The van der Waals surface area contributed by atoms with Gasteiger partial charge in [0.1, 0.15) is 0 Å². The highest BCUT2D eigenvalue weighted by atomic mass is 14.5. The van der Waals surface area contributed by atoms with Gasteiger partial charge in [-0.05, 0) is 76.0 Å². The standard InChI is InChI=1S/C23H40.C15H22.2C3H8.C2H6/c1-5-7-8-9-10-11-12-22-15-17-23(18-16-22)19-21(4)14-13-20(3)6-2;1-5-6-7-8-9-10-11-14-13(4)15(14)12(2)3;2*1-3-2;1-2/h6,13-14,22-23H,2,5,7-12,15-19H2,1,3-4H3;6-11,13-15H,2,5H2,1,3-4H3;2*3H2,1-2H3;1-2H3/b20-13-,21-14+;7-6-,9-8+,11-10+;;;. The summed E-state index contributed by atoms with van der Waals surface area (Å²) in [6, 6.07) is 0. The first-order valence-corrected chi connectivity index (χ1v) is 19.8. The third-order valence-corrected chi connectivity index (χ3v) is 8.55. The number of hydrogen-bond acceptors (Lipinski definition) is 0. The summed E-state index contributed by atoms with van der Waals surface area (Å²) in [7, 11) is 0. The summed E-state index contributed by atoms with van der Waals surface area (Å²) >= 11 is 0. The Morgan fingerprint density at radius 1 is 0.696 bits per heavy atom. The molecule has 268 valence electrons. The molecule has 0 amide bonds. The molecule has 2 aliphatic rings. The highest BCUT2D eigenvalue weighted by molar-refractivity contribution is 5.23. The first-order chi connectivity index (χ1) is 22.2. The molecule has 0 saturated heterocycles. The van der Waals surface area contributed by atoms with Gasteiger partial charge < -0.3 is 0 Å². The quantitative estimate of drug-likeness (QED) is 0.0898. The molecule has 0 aliphatic heterocycles. The molecule has 0 heteroatoms. The summed E-state index contributed by atoms with van der Waals surface area (Å²) in [4.78, 5) is 0. The fraction of sp³-hybridized carbons (Fsp3) is 0.696. The number of rotatable bonds is 16. The van der Waals surface area contributed by atoms with Crippen LogP contribution in [0.15, 0.2) is 84.6 Å². The van der Waals surface area contributed by atoms with Gasteiger partial charge in [-0.2, -0.15) is 0 Å². The van der Waals surface area contributed by atoms with E-state index in [9.17, 15) is 0 Å². The average molecular weight is 637 g/mol. The highest BCUT2D eigenvalue weighted by Crippen LogP contribution is 2.50. The largest absolute Gasteiger partial charge is 0.0998 e. The second-order valence-corrected chi connectivity index (χ2v) is 13.6. The zero-order valence-electron chi connectivity index (χ0n) is 33.6. The molecular formula is C46H84. The van der Waals surface area contributed by atoms with Crippen molar-refractivity contribution in [3.63, 3.8) is 0 Å². The topological polar surface area (TPSA) is 0 Å². The summed E-state index contributed by atoms with van der Waals surface area (Å²) < 4.78 is 0. The van der Waals surface area contributed by atoms with Crippen molar-refractivity contribution in [2.75, 3.05) is 0 Å². The Morgan fingerprint density at radius 3 is 1.72 bits per heavy atom. The summed E-state index contributed by atoms with van der Waals surface area (Å²) in [5.74, 6) is 4.20. The van der Waals surface area contributed by atoms with Gasteiger partial charge in [-0.3, -0.25) is 0 Å². The van der Waals surface area contributed by atoms with Crippen LogP contribution in [-0.2, 0) is 0 Å². The zero-order chi connectivity index (χ0) is 35.6. The Hall–Kier alpha value is -1.82. The number of hydrogen-bond donors (Lipinski definition) is 0. The van der Waals surface area contributed by atoms with Gasteiger partial charge in [0.2, 0.25) is 0 Å². The van der Waals surface area contributed by atoms with E-state index in [0.29, 0.717) is 0 Å². The summed E-state index contributed by atoms with van der Waals surface area (Å²) in [5.41, 5.74) is 4.12. The van der Waals surface area contributed by atoms with E-state index >= 15 is 0 Å². The second kappa shape index (κ2) is 36.0. The summed E-state index contributed by atoms with van der Waals surface area (Å²) in [6.45, 7) is 33.6. The molecule has 46 heavy (non-hydrogen) atoms. The summed E-state index contributed by atoms with van der Waals surface area (Å²) in [6.07, 6.45) is 40.2. The van der Waals surface area contributed by atoms with Crippen LogP contribution in [0.4, 0.5) is 0 Å². The van der Waals surface area contributed by atoms with Crippen LogP contribution < -0.4 is 0 Å². The predicted molar refractivity (Wildman–Crippen MR) is 218 cm³/mol. The normalized spacial score (nSPS) is 22.5. The lowest BCUT2D eigenvalue weighted by Gasteiger charge is -2.28. The van der Waals surface area contributed by atoms with Crippen LogP contribution in [0.25, 0.3) is 0 Å². The molecule has 0 aromatic rings.